The molecule has 2 nitrogen and oxygen atoms in total. The normalized spacial score (nSPS) is 11.3. The second-order valence-corrected chi connectivity index (χ2v) is 16.5. The van der Waals surface area contributed by atoms with Crippen molar-refractivity contribution in [1.29, 1.82) is 0 Å². The second-order valence-electron chi connectivity index (χ2n) is 16.5. The smallest absolute Gasteiger partial charge is 0.0467 e. The van der Waals surface area contributed by atoms with Gasteiger partial charge in [0.15, 0.2) is 0 Å². The van der Waals surface area contributed by atoms with Crippen LogP contribution < -0.4 is 9.80 Å². The molecule has 0 fully saturated rings. The summed E-state index contributed by atoms with van der Waals surface area (Å²) in [7, 11) is 0. The van der Waals surface area contributed by atoms with Gasteiger partial charge in [-0.3, -0.25) is 0 Å². The predicted octanol–water partition coefficient (Wildman–Crippen LogP) is 18.1. The first-order chi connectivity index (χ1) is 32.7. The number of nitrogens with zero attached hydrogens (tertiary/aromatic N) is 2. The number of para-hydroxylation sites is 4. The third-order valence-electron chi connectivity index (χ3n) is 12.4. The van der Waals surface area contributed by atoms with Crippen LogP contribution >= 0.6 is 0 Å². The largest absolute Gasteiger partial charge is 0.310 e. The van der Waals surface area contributed by atoms with Gasteiger partial charge in [0.25, 0.3) is 0 Å². The molecule has 0 saturated heterocycles. The fraction of sp³-hybridized carbons (Fsp3) is 0. The Balaban J connectivity index is 1.14. The van der Waals surface area contributed by atoms with E-state index in [9.17, 15) is 0 Å². The van der Waals surface area contributed by atoms with E-state index in [4.69, 9.17) is 0 Å². The first-order valence-corrected chi connectivity index (χ1v) is 22.6. The Morgan fingerprint density at radius 1 is 0.212 bits per heavy atom. The van der Waals surface area contributed by atoms with E-state index in [1.807, 2.05) is 0 Å². The average Bonchev–Trinajstić information content (AvgIpc) is 3.39. The molecule has 11 aromatic carbocycles. The molecule has 0 aliphatic rings. The van der Waals surface area contributed by atoms with Gasteiger partial charge in [-0.1, -0.05) is 194 Å². The molecule has 0 saturated carbocycles. The maximum absolute atomic E-state index is 2.42. The van der Waals surface area contributed by atoms with Crippen LogP contribution in [0.2, 0.25) is 0 Å². The Bertz CT molecular complexity index is 3380. The maximum atomic E-state index is 2.42. The first kappa shape index (κ1) is 40.1. The third kappa shape index (κ3) is 8.05. The van der Waals surface area contributed by atoms with Crippen molar-refractivity contribution in [3.05, 3.63) is 278 Å². The van der Waals surface area contributed by atoms with Crippen LogP contribution in [0.1, 0.15) is 11.1 Å². The fourth-order valence-electron chi connectivity index (χ4n) is 9.36. The molecule has 11 aromatic rings. The summed E-state index contributed by atoms with van der Waals surface area (Å²) in [5, 5.41) is 4.80. The number of rotatable bonds is 11. The number of hydrogen-bond donors (Lipinski definition) is 0. The summed E-state index contributed by atoms with van der Waals surface area (Å²) in [6.07, 6.45) is 4.39. The van der Waals surface area contributed by atoms with Crippen molar-refractivity contribution in [2.24, 2.45) is 0 Å². The number of anilines is 6. The van der Waals surface area contributed by atoms with E-state index >= 15 is 0 Å². The lowest BCUT2D eigenvalue weighted by Gasteiger charge is -2.27. The third-order valence-corrected chi connectivity index (χ3v) is 12.4. The van der Waals surface area contributed by atoms with E-state index in [0.717, 1.165) is 50.8 Å². The van der Waals surface area contributed by atoms with Gasteiger partial charge < -0.3 is 9.80 Å². The van der Waals surface area contributed by atoms with E-state index in [0.29, 0.717) is 0 Å². The van der Waals surface area contributed by atoms with Gasteiger partial charge in [0.1, 0.15) is 0 Å². The Morgan fingerprint density at radius 3 is 1.06 bits per heavy atom. The molecule has 0 aliphatic carbocycles. The van der Waals surface area contributed by atoms with Crippen molar-refractivity contribution in [1.82, 2.24) is 0 Å². The lowest BCUT2D eigenvalue weighted by Crippen LogP contribution is -2.09. The molecule has 0 atom stereocenters. The molecule has 0 radical (unpaired) electrons. The summed E-state index contributed by atoms with van der Waals surface area (Å²) in [6, 6.07) is 96.1. The SMILES string of the molecule is C(=C\c1cccc(-c2ccc3c(-c4cccc(N(c5ccccc5)c5ccccc5)c4)c4ccccc4c(-c4cccc(N(c5ccccc5)c5ccccc5)c4)c3c2)c1)/c1ccccc1. The van der Waals surface area contributed by atoms with Crippen LogP contribution in [-0.2, 0) is 0 Å². The molecule has 0 N–H and O–H groups in total. The fourth-order valence-corrected chi connectivity index (χ4v) is 9.36. The second kappa shape index (κ2) is 18.2. The minimum atomic E-state index is 1.09. The molecule has 0 unspecified atom stereocenters. The van der Waals surface area contributed by atoms with Crippen molar-refractivity contribution < 1.29 is 0 Å². The standard InChI is InChI=1S/C64H46N2/c1-6-21-47(22-7-1)39-40-48-23-18-24-49(43-48)50-41-42-61-62(46-50)64(52-26-20-36-58(45-52)66(55-31-12-4-13-32-55)56-33-14-5-15-34-56)60-38-17-16-37-59(60)63(61)51-25-19-35-57(44-51)65(53-27-8-2-9-28-53)54-29-10-3-11-30-54/h1-46H/b40-39+. The molecule has 0 bridgehead atoms. The molecule has 0 aliphatic heterocycles. The van der Waals surface area contributed by atoms with Gasteiger partial charge in [0.2, 0.25) is 0 Å². The highest BCUT2D eigenvalue weighted by Gasteiger charge is 2.21. The van der Waals surface area contributed by atoms with Crippen LogP contribution in [0.3, 0.4) is 0 Å². The monoisotopic (exact) mass is 842 g/mol. The number of fused-ring (bicyclic) bond motifs is 2. The molecule has 2 heteroatoms. The minimum absolute atomic E-state index is 1.09. The Morgan fingerprint density at radius 2 is 0.561 bits per heavy atom. The predicted molar refractivity (Wildman–Crippen MR) is 282 cm³/mol. The maximum Gasteiger partial charge on any atom is 0.0467 e. The van der Waals surface area contributed by atoms with Crippen molar-refractivity contribution in [2.45, 2.75) is 0 Å². The van der Waals surface area contributed by atoms with Gasteiger partial charge in [-0.25, -0.2) is 0 Å². The quantitative estimate of drug-likeness (QED) is 0.0945. The number of hydrogen-bond acceptors (Lipinski definition) is 2. The van der Waals surface area contributed by atoms with Crippen molar-refractivity contribution in [2.75, 3.05) is 9.80 Å². The average molecular weight is 843 g/mol. The highest BCUT2D eigenvalue weighted by atomic mass is 15.1. The van der Waals surface area contributed by atoms with Crippen LogP contribution in [0.25, 0.3) is 67.1 Å². The zero-order valence-corrected chi connectivity index (χ0v) is 36.5. The molecule has 0 heterocycles. The molecule has 0 spiro atoms. The lowest BCUT2D eigenvalue weighted by molar-refractivity contribution is 1.28. The van der Waals surface area contributed by atoms with Gasteiger partial charge in [0.05, 0.1) is 0 Å². The van der Waals surface area contributed by atoms with Crippen LogP contribution in [0.4, 0.5) is 34.1 Å². The molecule has 0 aromatic heterocycles. The Labute approximate surface area is 387 Å². The number of benzene rings is 11. The van der Waals surface area contributed by atoms with E-state index in [1.165, 1.54) is 49.4 Å². The Kier molecular flexibility index (Phi) is 11.0. The highest BCUT2D eigenvalue weighted by Crippen LogP contribution is 2.47. The van der Waals surface area contributed by atoms with E-state index in [1.54, 1.807) is 0 Å². The molecule has 312 valence electrons. The molecular weight excluding hydrogens is 797 g/mol. The first-order valence-electron chi connectivity index (χ1n) is 22.6. The summed E-state index contributed by atoms with van der Waals surface area (Å²) < 4.78 is 0. The van der Waals surface area contributed by atoms with Gasteiger partial charge in [-0.15, -0.1) is 0 Å². The minimum Gasteiger partial charge on any atom is -0.310 e. The van der Waals surface area contributed by atoms with Crippen molar-refractivity contribution >= 4 is 67.8 Å². The zero-order valence-electron chi connectivity index (χ0n) is 36.5. The molecule has 66 heavy (non-hydrogen) atoms. The molecule has 0 amide bonds. The van der Waals surface area contributed by atoms with Gasteiger partial charge in [-0.2, -0.15) is 0 Å². The van der Waals surface area contributed by atoms with Crippen molar-refractivity contribution in [3.8, 4) is 33.4 Å². The summed E-state index contributed by atoms with van der Waals surface area (Å²) in [5.74, 6) is 0. The summed E-state index contributed by atoms with van der Waals surface area (Å²) >= 11 is 0. The lowest BCUT2D eigenvalue weighted by atomic mass is 9.84. The molecular formula is C64H46N2. The van der Waals surface area contributed by atoms with Gasteiger partial charge in [-0.05, 0) is 151 Å². The van der Waals surface area contributed by atoms with E-state index in [-0.39, 0.29) is 0 Å². The van der Waals surface area contributed by atoms with Crippen LogP contribution in [0.5, 0.6) is 0 Å². The molecule has 11 rings (SSSR count). The van der Waals surface area contributed by atoms with Crippen molar-refractivity contribution in [3.63, 3.8) is 0 Å². The topological polar surface area (TPSA) is 6.48 Å². The Hall–Kier alpha value is -8.72. The zero-order chi connectivity index (χ0) is 44.1. The summed E-state index contributed by atoms with van der Waals surface area (Å²) in [6.45, 7) is 0. The highest BCUT2D eigenvalue weighted by molar-refractivity contribution is 6.22. The van der Waals surface area contributed by atoms with Gasteiger partial charge in [0, 0.05) is 34.1 Å². The van der Waals surface area contributed by atoms with Crippen LogP contribution in [0, 0.1) is 0 Å². The van der Waals surface area contributed by atoms with Gasteiger partial charge >= 0.3 is 0 Å². The summed E-state index contributed by atoms with van der Waals surface area (Å²) in [4.78, 5) is 4.69. The van der Waals surface area contributed by atoms with E-state index in [2.05, 4.69) is 289 Å². The van der Waals surface area contributed by atoms with E-state index < -0.39 is 0 Å². The summed E-state index contributed by atoms with van der Waals surface area (Å²) in [5.41, 5.74) is 16.0. The van der Waals surface area contributed by atoms with Crippen LogP contribution in [0.15, 0.2) is 267 Å². The van der Waals surface area contributed by atoms with Crippen LogP contribution in [-0.4, -0.2) is 0 Å².